The second-order valence-electron chi connectivity index (χ2n) is 4.43. The molecule has 100 valence electrons. The molecule has 1 amide bonds. The first-order valence-electron chi connectivity index (χ1n) is 6.29. The van der Waals surface area contributed by atoms with Gasteiger partial charge in [-0.2, -0.15) is 0 Å². The van der Waals surface area contributed by atoms with E-state index >= 15 is 0 Å². The van der Waals surface area contributed by atoms with Crippen LogP contribution in [0.3, 0.4) is 0 Å². The van der Waals surface area contributed by atoms with Crippen molar-refractivity contribution in [1.82, 2.24) is 4.98 Å². The molecule has 0 atom stereocenters. The van der Waals surface area contributed by atoms with Crippen LogP contribution >= 0.6 is 11.8 Å². The van der Waals surface area contributed by atoms with Gasteiger partial charge < -0.3 is 10.3 Å². The van der Waals surface area contributed by atoms with Gasteiger partial charge in [-0.05, 0) is 42.7 Å². The molecule has 0 aliphatic carbocycles. The van der Waals surface area contributed by atoms with E-state index in [9.17, 15) is 4.79 Å². The van der Waals surface area contributed by atoms with E-state index in [0.717, 1.165) is 16.6 Å². The Labute approximate surface area is 121 Å². The molecule has 0 fully saturated rings. The van der Waals surface area contributed by atoms with Crippen LogP contribution in [-0.4, -0.2) is 17.1 Å². The van der Waals surface area contributed by atoms with Gasteiger partial charge in [-0.15, -0.1) is 11.8 Å². The lowest BCUT2D eigenvalue weighted by molar-refractivity contribution is 0.102. The van der Waals surface area contributed by atoms with Gasteiger partial charge >= 0.3 is 0 Å². The summed E-state index contributed by atoms with van der Waals surface area (Å²) in [5.41, 5.74) is 2.32. The summed E-state index contributed by atoms with van der Waals surface area (Å²) in [5, 5.41) is 3.96. The molecule has 0 aliphatic heterocycles. The van der Waals surface area contributed by atoms with Crippen LogP contribution in [0.4, 0.5) is 5.69 Å². The van der Waals surface area contributed by atoms with E-state index in [1.165, 1.54) is 4.90 Å². The Morgan fingerprint density at radius 2 is 1.90 bits per heavy atom. The number of para-hydroxylation sites is 1. The number of amides is 1. The van der Waals surface area contributed by atoms with Gasteiger partial charge in [0.1, 0.15) is 0 Å². The maximum Gasteiger partial charge on any atom is 0.257 e. The second-order valence-corrected chi connectivity index (χ2v) is 5.31. The summed E-state index contributed by atoms with van der Waals surface area (Å²) in [6.45, 7) is 0. The van der Waals surface area contributed by atoms with Crippen molar-refractivity contribution in [2.24, 2.45) is 0 Å². The molecule has 0 saturated carbocycles. The van der Waals surface area contributed by atoms with Gasteiger partial charge in [-0.3, -0.25) is 4.79 Å². The molecule has 2 N–H and O–H groups in total. The number of rotatable bonds is 3. The Morgan fingerprint density at radius 1 is 1.10 bits per heavy atom. The van der Waals surface area contributed by atoms with Crippen LogP contribution in [0.1, 0.15) is 10.4 Å². The lowest BCUT2D eigenvalue weighted by Gasteiger charge is -2.07. The topological polar surface area (TPSA) is 44.9 Å². The normalized spacial score (nSPS) is 10.7. The third-order valence-electron chi connectivity index (χ3n) is 3.18. The molecular formula is C16H14N2OS. The molecule has 0 unspecified atom stereocenters. The number of carbonyl (C=O) groups is 1. The van der Waals surface area contributed by atoms with Crippen molar-refractivity contribution in [1.29, 1.82) is 0 Å². The van der Waals surface area contributed by atoms with Gasteiger partial charge in [0, 0.05) is 22.2 Å². The number of anilines is 1. The molecule has 1 heterocycles. The first kappa shape index (κ1) is 12.8. The number of carbonyl (C=O) groups excluding carboxylic acids is 1. The lowest BCUT2D eigenvalue weighted by atomic mass is 10.1. The van der Waals surface area contributed by atoms with E-state index < -0.39 is 0 Å². The van der Waals surface area contributed by atoms with Crippen LogP contribution in [0.15, 0.2) is 59.6 Å². The molecule has 20 heavy (non-hydrogen) atoms. The molecule has 0 saturated heterocycles. The summed E-state index contributed by atoms with van der Waals surface area (Å²) >= 11 is 1.68. The average Bonchev–Trinajstić information content (AvgIpc) is 2.96. The highest BCUT2D eigenvalue weighted by molar-refractivity contribution is 7.98. The van der Waals surface area contributed by atoms with Crippen LogP contribution < -0.4 is 5.32 Å². The number of aromatic amines is 1. The zero-order valence-electron chi connectivity index (χ0n) is 11.0. The van der Waals surface area contributed by atoms with E-state index in [1.54, 1.807) is 11.8 Å². The van der Waals surface area contributed by atoms with E-state index in [0.29, 0.717) is 5.56 Å². The van der Waals surface area contributed by atoms with Gasteiger partial charge in [0.05, 0.1) is 11.1 Å². The summed E-state index contributed by atoms with van der Waals surface area (Å²) in [4.78, 5) is 16.6. The standard InChI is InChI=1S/C16H14N2OS/c1-20-13-7-5-12(6-8-13)18-16(19)14-4-2-3-11-9-10-17-15(11)14/h2-10,17H,1H3,(H,18,19). The number of H-pyrrole nitrogens is 1. The highest BCUT2D eigenvalue weighted by Gasteiger charge is 2.10. The summed E-state index contributed by atoms with van der Waals surface area (Å²) in [6, 6.07) is 15.5. The predicted molar refractivity (Wildman–Crippen MR) is 84.5 cm³/mol. The van der Waals surface area contributed by atoms with Gasteiger partial charge in [0.2, 0.25) is 0 Å². The molecule has 0 bridgehead atoms. The monoisotopic (exact) mass is 282 g/mol. The SMILES string of the molecule is CSc1ccc(NC(=O)c2cccc3cc[nH]c23)cc1. The molecular weight excluding hydrogens is 268 g/mol. The van der Waals surface area contributed by atoms with Crippen molar-refractivity contribution in [3.63, 3.8) is 0 Å². The van der Waals surface area contributed by atoms with Crippen LogP contribution in [0.5, 0.6) is 0 Å². The molecule has 3 rings (SSSR count). The Bertz CT molecular complexity index is 747. The van der Waals surface area contributed by atoms with Gasteiger partial charge in [0.25, 0.3) is 5.91 Å². The van der Waals surface area contributed by atoms with Gasteiger partial charge in [0.15, 0.2) is 0 Å². The Morgan fingerprint density at radius 3 is 2.65 bits per heavy atom. The van der Waals surface area contributed by atoms with Gasteiger partial charge in [-0.1, -0.05) is 12.1 Å². The number of fused-ring (bicyclic) bond motifs is 1. The quantitative estimate of drug-likeness (QED) is 0.709. The molecule has 3 nitrogen and oxygen atoms in total. The minimum atomic E-state index is -0.102. The zero-order valence-corrected chi connectivity index (χ0v) is 11.8. The lowest BCUT2D eigenvalue weighted by Crippen LogP contribution is -2.12. The molecule has 1 aromatic heterocycles. The van der Waals surface area contributed by atoms with Crippen molar-refractivity contribution in [2.45, 2.75) is 4.90 Å². The van der Waals surface area contributed by atoms with Gasteiger partial charge in [-0.25, -0.2) is 0 Å². The Hall–Kier alpha value is -2.20. The van der Waals surface area contributed by atoms with E-state index in [2.05, 4.69) is 10.3 Å². The van der Waals surface area contributed by atoms with Crippen LogP contribution in [0.2, 0.25) is 0 Å². The smallest absolute Gasteiger partial charge is 0.257 e. The predicted octanol–water partition coefficient (Wildman–Crippen LogP) is 4.14. The van der Waals surface area contributed by atoms with Crippen LogP contribution in [0.25, 0.3) is 10.9 Å². The van der Waals surface area contributed by atoms with Crippen molar-refractivity contribution < 1.29 is 4.79 Å². The maximum absolute atomic E-state index is 12.3. The maximum atomic E-state index is 12.3. The minimum absolute atomic E-state index is 0.102. The largest absolute Gasteiger partial charge is 0.361 e. The number of thioether (sulfide) groups is 1. The number of hydrogen-bond acceptors (Lipinski definition) is 2. The Balaban J connectivity index is 1.87. The fourth-order valence-electron chi connectivity index (χ4n) is 2.15. The molecule has 0 radical (unpaired) electrons. The molecule has 2 aromatic carbocycles. The number of nitrogens with one attached hydrogen (secondary N) is 2. The zero-order chi connectivity index (χ0) is 13.9. The van der Waals surface area contributed by atoms with E-state index in [4.69, 9.17) is 0 Å². The first-order chi connectivity index (χ1) is 9.78. The molecule has 4 heteroatoms. The second kappa shape index (κ2) is 5.43. The van der Waals surface area contributed by atoms with Crippen molar-refractivity contribution in [3.8, 4) is 0 Å². The minimum Gasteiger partial charge on any atom is -0.361 e. The van der Waals surface area contributed by atoms with E-state index in [-0.39, 0.29) is 5.91 Å². The number of benzene rings is 2. The fraction of sp³-hybridized carbons (Fsp3) is 0.0625. The molecule has 0 spiro atoms. The Kier molecular flexibility index (Phi) is 3.48. The molecule has 3 aromatic rings. The van der Waals surface area contributed by atoms with Crippen molar-refractivity contribution in [3.05, 3.63) is 60.3 Å². The highest BCUT2D eigenvalue weighted by atomic mass is 32.2. The first-order valence-corrected chi connectivity index (χ1v) is 7.52. The number of hydrogen-bond donors (Lipinski definition) is 2. The summed E-state index contributed by atoms with van der Waals surface area (Å²) in [7, 11) is 0. The van der Waals surface area contributed by atoms with E-state index in [1.807, 2.05) is 61.0 Å². The fourth-order valence-corrected chi connectivity index (χ4v) is 2.56. The average molecular weight is 282 g/mol. The summed E-state index contributed by atoms with van der Waals surface area (Å²) in [5.74, 6) is -0.102. The van der Waals surface area contributed by atoms with Crippen molar-refractivity contribution in [2.75, 3.05) is 11.6 Å². The van der Waals surface area contributed by atoms with Crippen molar-refractivity contribution >= 4 is 34.3 Å². The third kappa shape index (κ3) is 2.42. The summed E-state index contributed by atoms with van der Waals surface area (Å²) < 4.78 is 0. The molecule has 0 aliphatic rings. The third-order valence-corrected chi connectivity index (χ3v) is 3.92. The van der Waals surface area contributed by atoms with Crippen LogP contribution in [-0.2, 0) is 0 Å². The summed E-state index contributed by atoms with van der Waals surface area (Å²) in [6.07, 6.45) is 3.87. The van der Waals surface area contributed by atoms with Crippen LogP contribution in [0, 0.1) is 0 Å². The number of aromatic nitrogens is 1. The highest BCUT2D eigenvalue weighted by Crippen LogP contribution is 2.20.